The lowest BCUT2D eigenvalue weighted by Gasteiger charge is -2.26. The lowest BCUT2D eigenvalue weighted by Crippen LogP contribution is -2.47. The van der Waals surface area contributed by atoms with Gasteiger partial charge in [-0.25, -0.2) is 4.79 Å². The number of hydrogen-bond acceptors (Lipinski definition) is 5. The van der Waals surface area contributed by atoms with Crippen molar-refractivity contribution in [3.05, 3.63) is 0 Å². The van der Waals surface area contributed by atoms with Crippen LogP contribution >= 0.6 is 0 Å². The van der Waals surface area contributed by atoms with E-state index in [-0.39, 0.29) is 6.61 Å². The van der Waals surface area contributed by atoms with Gasteiger partial charge in [-0.3, -0.25) is 0 Å². The van der Waals surface area contributed by atoms with E-state index >= 15 is 0 Å². The molecule has 0 saturated heterocycles. The molecule has 12 heavy (non-hydrogen) atoms. The maximum absolute atomic E-state index is 11.1. The Morgan fingerprint density at radius 3 is 1.92 bits per heavy atom. The van der Waals surface area contributed by atoms with E-state index < -0.39 is 11.8 Å². The minimum absolute atomic E-state index is 0.00727. The van der Waals surface area contributed by atoms with Crippen LogP contribution in [-0.2, 0) is 23.7 Å². The molecule has 0 bridgehead atoms. The fourth-order valence-corrected chi connectivity index (χ4v) is 0.772. The van der Waals surface area contributed by atoms with Gasteiger partial charge in [0, 0.05) is 21.3 Å². The first-order chi connectivity index (χ1) is 5.66. The molecule has 72 valence electrons. The minimum Gasteiger partial charge on any atom is -0.465 e. The highest BCUT2D eigenvalue weighted by molar-refractivity contribution is 5.77. The van der Waals surface area contributed by atoms with Gasteiger partial charge in [-0.15, -0.1) is 0 Å². The van der Waals surface area contributed by atoms with Crippen LogP contribution in [0.3, 0.4) is 0 Å². The van der Waals surface area contributed by atoms with Crippen LogP contribution < -0.4 is 0 Å². The molecule has 0 amide bonds. The first-order valence-electron chi connectivity index (χ1n) is 3.34. The average molecular weight is 178 g/mol. The summed E-state index contributed by atoms with van der Waals surface area (Å²) in [5.74, 6) is -2.06. The van der Waals surface area contributed by atoms with Gasteiger partial charge in [-0.1, -0.05) is 0 Å². The number of esters is 1. The zero-order chi connectivity index (χ0) is 9.61. The van der Waals surface area contributed by atoms with Gasteiger partial charge in [0.25, 0.3) is 5.79 Å². The molecule has 5 nitrogen and oxygen atoms in total. The van der Waals surface area contributed by atoms with Crippen molar-refractivity contribution in [1.29, 1.82) is 0 Å². The van der Waals surface area contributed by atoms with Crippen LogP contribution in [0.2, 0.25) is 0 Å². The van der Waals surface area contributed by atoms with Crippen LogP contribution in [0, 0.1) is 0 Å². The summed E-state index contributed by atoms with van der Waals surface area (Å²) in [5.41, 5.74) is 0. The van der Waals surface area contributed by atoms with E-state index in [2.05, 4.69) is 4.74 Å². The zero-order valence-corrected chi connectivity index (χ0v) is 7.75. The van der Waals surface area contributed by atoms with Crippen molar-refractivity contribution >= 4 is 5.97 Å². The molecule has 0 aliphatic rings. The monoisotopic (exact) mass is 178 g/mol. The highest BCUT2D eigenvalue weighted by Crippen LogP contribution is 2.13. The molecule has 0 aromatic heterocycles. The standard InChI is InChI=1S/C7H14O5/c1-9-5-7(11-3,12-4)6(8)10-2/h5H2,1-4H3. The van der Waals surface area contributed by atoms with Gasteiger partial charge in [0.1, 0.15) is 6.61 Å². The second-order valence-corrected chi connectivity index (χ2v) is 2.09. The van der Waals surface area contributed by atoms with Crippen molar-refractivity contribution in [3.8, 4) is 0 Å². The Morgan fingerprint density at radius 1 is 1.17 bits per heavy atom. The Balaban J connectivity index is 4.44. The van der Waals surface area contributed by atoms with E-state index in [0.29, 0.717) is 0 Å². The molecule has 0 aromatic carbocycles. The van der Waals surface area contributed by atoms with Crippen molar-refractivity contribution in [3.63, 3.8) is 0 Å². The van der Waals surface area contributed by atoms with Crippen LogP contribution in [0.4, 0.5) is 0 Å². The van der Waals surface area contributed by atoms with E-state index in [0.717, 1.165) is 0 Å². The number of methoxy groups -OCH3 is 4. The predicted molar refractivity (Wildman–Crippen MR) is 40.6 cm³/mol. The third-order valence-corrected chi connectivity index (χ3v) is 1.49. The Morgan fingerprint density at radius 2 is 1.67 bits per heavy atom. The molecule has 0 spiro atoms. The zero-order valence-electron chi connectivity index (χ0n) is 7.75. The molecule has 0 saturated carbocycles. The third kappa shape index (κ3) is 2.17. The quantitative estimate of drug-likeness (QED) is 0.431. The molecular formula is C7H14O5. The minimum atomic E-state index is -1.44. The van der Waals surface area contributed by atoms with Gasteiger partial charge < -0.3 is 18.9 Å². The molecule has 5 heteroatoms. The molecule has 0 N–H and O–H groups in total. The van der Waals surface area contributed by atoms with Crippen LogP contribution in [0.5, 0.6) is 0 Å². The van der Waals surface area contributed by atoms with Gasteiger partial charge in [-0.05, 0) is 0 Å². The third-order valence-electron chi connectivity index (χ3n) is 1.49. The van der Waals surface area contributed by atoms with Gasteiger partial charge in [-0.2, -0.15) is 0 Å². The summed E-state index contributed by atoms with van der Waals surface area (Å²) in [6, 6.07) is 0. The maximum Gasteiger partial charge on any atom is 0.369 e. The molecule has 0 rings (SSSR count). The number of carbonyl (C=O) groups excluding carboxylic acids is 1. The summed E-state index contributed by atoms with van der Waals surface area (Å²) < 4.78 is 19.0. The van der Waals surface area contributed by atoms with Crippen molar-refractivity contribution in [1.82, 2.24) is 0 Å². The molecule has 0 radical (unpaired) electrons. The Labute approximate surface area is 71.5 Å². The van der Waals surface area contributed by atoms with Crippen molar-refractivity contribution in [2.75, 3.05) is 35.0 Å². The first kappa shape index (κ1) is 11.4. The highest BCUT2D eigenvalue weighted by atomic mass is 16.7. The fraction of sp³-hybridized carbons (Fsp3) is 0.857. The summed E-state index contributed by atoms with van der Waals surface area (Å²) in [6.07, 6.45) is 0. The molecule has 0 aliphatic carbocycles. The van der Waals surface area contributed by atoms with Crippen LogP contribution in [0.15, 0.2) is 0 Å². The SMILES string of the molecule is COCC(OC)(OC)C(=O)OC. The molecule has 0 aliphatic heterocycles. The molecule has 0 fully saturated rings. The smallest absolute Gasteiger partial charge is 0.369 e. The molecule has 0 heterocycles. The van der Waals surface area contributed by atoms with Crippen LogP contribution in [0.25, 0.3) is 0 Å². The van der Waals surface area contributed by atoms with Crippen molar-refractivity contribution in [2.45, 2.75) is 5.79 Å². The first-order valence-corrected chi connectivity index (χ1v) is 3.34. The van der Waals surface area contributed by atoms with Gasteiger partial charge in [0.2, 0.25) is 0 Å². The van der Waals surface area contributed by atoms with Gasteiger partial charge >= 0.3 is 5.97 Å². The summed E-state index contributed by atoms with van der Waals surface area (Å²) >= 11 is 0. The van der Waals surface area contributed by atoms with Crippen molar-refractivity contribution in [2.24, 2.45) is 0 Å². The van der Waals surface area contributed by atoms with E-state index in [9.17, 15) is 4.79 Å². The normalized spacial score (nSPS) is 11.3. The fourth-order valence-electron chi connectivity index (χ4n) is 0.772. The lowest BCUT2D eigenvalue weighted by molar-refractivity contribution is -0.242. The Bertz CT molecular complexity index is 141. The Hall–Kier alpha value is -0.650. The highest BCUT2D eigenvalue weighted by Gasteiger charge is 2.40. The number of carbonyl (C=O) groups is 1. The van der Waals surface area contributed by atoms with E-state index in [1.807, 2.05) is 0 Å². The summed E-state index contributed by atoms with van der Waals surface area (Å²) in [4.78, 5) is 11.1. The molecular weight excluding hydrogens is 164 g/mol. The predicted octanol–water partition coefficient (Wildman–Crippen LogP) is -0.205. The number of ether oxygens (including phenoxy) is 4. The summed E-state index contributed by atoms with van der Waals surface area (Å²) in [7, 11) is 5.39. The van der Waals surface area contributed by atoms with E-state index in [1.165, 1.54) is 28.4 Å². The largest absolute Gasteiger partial charge is 0.465 e. The summed E-state index contributed by atoms with van der Waals surface area (Å²) in [6.45, 7) is -0.00727. The maximum atomic E-state index is 11.1. The number of hydrogen-bond donors (Lipinski definition) is 0. The van der Waals surface area contributed by atoms with E-state index in [1.54, 1.807) is 0 Å². The molecule has 0 unspecified atom stereocenters. The molecule has 0 atom stereocenters. The Kier molecular flexibility index (Phi) is 4.80. The number of rotatable bonds is 5. The topological polar surface area (TPSA) is 54.0 Å². The van der Waals surface area contributed by atoms with Crippen molar-refractivity contribution < 1.29 is 23.7 Å². The van der Waals surface area contributed by atoms with Crippen LogP contribution in [0.1, 0.15) is 0 Å². The summed E-state index contributed by atoms with van der Waals surface area (Å²) in [5, 5.41) is 0. The van der Waals surface area contributed by atoms with Gasteiger partial charge in [0.15, 0.2) is 0 Å². The second-order valence-electron chi connectivity index (χ2n) is 2.09. The second kappa shape index (κ2) is 5.08. The van der Waals surface area contributed by atoms with E-state index in [4.69, 9.17) is 14.2 Å². The lowest BCUT2D eigenvalue weighted by atomic mass is 10.3. The molecule has 0 aromatic rings. The average Bonchev–Trinajstić information content (AvgIpc) is 2.13. The van der Waals surface area contributed by atoms with Crippen LogP contribution in [-0.4, -0.2) is 46.8 Å². The van der Waals surface area contributed by atoms with Gasteiger partial charge in [0.05, 0.1) is 7.11 Å².